The van der Waals surface area contributed by atoms with Gasteiger partial charge in [0.25, 0.3) is 0 Å². The summed E-state index contributed by atoms with van der Waals surface area (Å²) in [5.41, 5.74) is -0.587. The standard InChI is InChI=1S/C19H21F3N2O3/c1-11-14(10-23)17(13-6-4-5-7-15(13)19(20,21)22)16(12(2)24-11)18(25)27-9-8-26-3/h4-7,11,14,16-17H,8-9H2,1-3H3. The van der Waals surface area contributed by atoms with Crippen molar-refractivity contribution in [3.8, 4) is 6.07 Å². The first-order valence-corrected chi connectivity index (χ1v) is 8.48. The van der Waals surface area contributed by atoms with Gasteiger partial charge in [0, 0.05) is 18.7 Å². The number of aliphatic imine (C=N–C) groups is 1. The molecule has 0 radical (unpaired) electrons. The molecular weight excluding hydrogens is 361 g/mol. The minimum atomic E-state index is -4.60. The molecule has 1 aromatic carbocycles. The van der Waals surface area contributed by atoms with E-state index < -0.39 is 41.5 Å². The number of esters is 1. The maximum absolute atomic E-state index is 13.6. The molecule has 0 bridgehead atoms. The monoisotopic (exact) mass is 382 g/mol. The molecular formula is C19H21F3N2O3. The van der Waals surface area contributed by atoms with Gasteiger partial charge in [-0.05, 0) is 25.5 Å². The lowest BCUT2D eigenvalue weighted by Gasteiger charge is -2.37. The number of methoxy groups -OCH3 is 1. The number of nitriles is 1. The fourth-order valence-electron chi connectivity index (χ4n) is 3.49. The second-order valence-corrected chi connectivity index (χ2v) is 6.41. The van der Waals surface area contributed by atoms with E-state index in [4.69, 9.17) is 9.47 Å². The van der Waals surface area contributed by atoms with Gasteiger partial charge < -0.3 is 9.47 Å². The average Bonchev–Trinajstić information content (AvgIpc) is 2.60. The van der Waals surface area contributed by atoms with Crippen molar-refractivity contribution in [2.45, 2.75) is 32.0 Å². The van der Waals surface area contributed by atoms with Crippen molar-refractivity contribution in [1.82, 2.24) is 0 Å². The first kappa shape index (κ1) is 20.9. The van der Waals surface area contributed by atoms with E-state index in [1.165, 1.54) is 25.3 Å². The van der Waals surface area contributed by atoms with Crippen molar-refractivity contribution in [3.63, 3.8) is 0 Å². The quantitative estimate of drug-likeness (QED) is 0.576. The Morgan fingerprint density at radius 1 is 1.30 bits per heavy atom. The van der Waals surface area contributed by atoms with Gasteiger partial charge in [0.15, 0.2) is 0 Å². The van der Waals surface area contributed by atoms with Gasteiger partial charge in [0.2, 0.25) is 0 Å². The van der Waals surface area contributed by atoms with Crippen LogP contribution in [0, 0.1) is 23.2 Å². The highest BCUT2D eigenvalue weighted by Gasteiger charge is 2.47. The lowest BCUT2D eigenvalue weighted by atomic mass is 9.69. The highest BCUT2D eigenvalue weighted by Crippen LogP contribution is 2.45. The summed E-state index contributed by atoms with van der Waals surface area (Å²) in [6.45, 7) is 3.37. The fraction of sp³-hybridized carbons (Fsp3) is 0.526. The van der Waals surface area contributed by atoms with Gasteiger partial charge in [0.05, 0.1) is 30.2 Å². The predicted molar refractivity (Wildman–Crippen MR) is 92.2 cm³/mol. The van der Waals surface area contributed by atoms with Crippen LogP contribution in [0.3, 0.4) is 0 Å². The topological polar surface area (TPSA) is 71.7 Å². The Bertz CT molecular complexity index is 755. The molecule has 5 nitrogen and oxygen atoms in total. The van der Waals surface area contributed by atoms with E-state index in [2.05, 4.69) is 4.99 Å². The van der Waals surface area contributed by atoms with E-state index in [1.54, 1.807) is 13.8 Å². The molecule has 0 spiro atoms. The third-order valence-electron chi connectivity index (χ3n) is 4.68. The van der Waals surface area contributed by atoms with Crippen molar-refractivity contribution in [2.75, 3.05) is 20.3 Å². The number of benzene rings is 1. The molecule has 27 heavy (non-hydrogen) atoms. The van der Waals surface area contributed by atoms with Gasteiger partial charge in [-0.25, -0.2) is 0 Å². The Hall–Kier alpha value is -2.40. The first-order valence-electron chi connectivity index (χ1n) is 8.48. The van der Waals surface area contributed by atoms with Crippen molar-refractivity contribution in [1.29, 1.82) is 5.26 Å². The lowest BCUT2D eigenvalue weighted by Crippen LogP contribution is -2.42. The molecule has 0 amide bonds. The number of hydrogen-bond acceptors (Lipinski definition) is 5. The molecule has 1 heterocycles. The minimum Gasteiger partial charge on any atom is -0.463 e. The molecule has 8 heteroatoms. The molecule has 1 aliphatic heterocycles. The second kappa shape index (κ2) is 8.53. The van der Waals surface area contributed by atoms with Crippen molar-refractivity contribution >= 4 is 11.7 Å². The van der Waals surface area contributed by atoms with Gasteiger partial charge in [-0.15, -0.1) is 0 Å². The van der Waals surface area contributed by atoms with Crippen LogP contribution in [0.25, 0.3) is 0 Å². The maximum atomic E-state index is 13.6. The zero-order valence-electron chi connectivity index (χ0n) is 15.3. The molecule has 0 fully saturated rings. The number of ether oxygens (including phenoxy) is 2. The van der Waals surface area contributed by atoms with Crippen LogP contribution in [0.4, 0.5) is 13.2 Å². The first-order chi connectivity index (χ1) is 12.7. The summed E-state index contributed by atoms with van der Waals surface area (Å²) in [6.07, 6.45) is -4.60. The van der Waals surface area contributed by atoms with E-state index in [0.29, 0.717) is 5.71 Å². The third kappa shape index (κ3) is 4.48. The van der Waals surface area contributed by atoms with Crippen LogP contribution in [-0.4, -0.2) is 38.0 Å². The van der Waals surface area contributed by atoms with Crippen molar-refractivity contribution < 1.29 is 27.4 Å². The van der Waals surface area contributed by atoms with Gasteiger partial charge in [-0.2, -0.15) is 18.4 Å². The maximum Gasteiger partial charge on any atom is 0.416 e. The Balaban J connectivity index is 2.56. The highest BCUT2D eigenvalue weighted by atomic mass is 19.4. The summed E-state index contributed by atoms with van der Waals surface area (Å²) >= 11 is 0. The molecule has 0 saturated heterocycles. The molecule has 1 aromatic rings. The minimum absolute atomic E-state index is 0.0282. The predicted octanol–water partition coefficient (Wildman–Crippen LogP) is 3.60. The van der Waals surface area contributed by atoms with Crippen LogP contribution in [0.2, 0.25) is 0 Å². The van der Waals surface area contributed by atoms with Gasteiger partial charge >= 0.3 is 12.1 Å². The number of alkyl halides is 3. The number of hydrogen-bond donors (Lipinski definition) is 0. The average molecular weight is 382 g/mol. The van der Waals surface area contributed by atoms with E-state index in [0.717, 1.165) is 6.07 Å². The number of halogens is 3. The second-order valence-electron chi connectivity index (χ2n) is 6.41. The van der Waals surface area contributed by atoms with E-state index in [1.807, 2.05) is 6.07 Å². The van der Waals surface area contributed by atoms with Crippen LogP contribution in [-0.2, 0) is 20.4 Å². The largest absolute Gasteiger partial charge is 0.463 e. The molecule has 2 rings (SSSR count). The summed E-state index contributed by atoms with van der Waals surface area (Å²) in [7, 11) is 1.44. The van der Waals surface area contributed by atoms with E-state index in [9.17, 15) is 23.2 Å². The van der Waals surface area contributed by atoms with Crippen LogP contribution in [0.1, 0.15) is 30.9 Å². The third-order valence-corrected chi connectivity index (χ3v) is 4.68. The Morgan fingerprint density at radius 3 is 2.56 bits per heavy atom. The summed E-state index contributed by atoms with van der Waals surface area (Å²) in [5.74, 6) is -3.67. The zero-order valence-corrected chi connectivity index (χ0v) is 15.3. The number of rotatable bonds is 5. The van der Waals surface area contributed by atoms with E-state index >= 15 is 0 Å². The van der Waals surface area contributed by atoms with E-state index in [-0.39, 0.29) is 18.8 Å². The summed E-state index contributed by atoms with van der Waals surface area (Å²) in [5, 5.41) is 9.61. The lowest BCUT2D eigenvalue weighted by molar-refractivity contribution is -0.149. The summed E-state index contributed by atoms with van der Waals surface area (Å²) < 4.78 is 50.7. The number of carbonyl (C=O) groups is 1. The Kier molecular flexibility index (Phi) is 6.60. The highest BCUT2D eigenvalue weighted by molar-refractivity contribution is 6.02. The molecule has 146 valence electrons. The number of nitrogens with zero attached hydrogens (tertiary/aromatic N) is 2. The zero-order chi connectivity index (χ0) is 20.2. The van der Waals surface area contributed by atoms with Crippen molar-refractivity contribution in [2.24, 2.45) is 16.8 Å². The molecule has 0 N–H and O–H groups in total. The molecule has 0 aromatic heterocycles. The molecule has 1 aliphatic rings. The fourth-order valence-corrected chi connectivity index (χ4v) is 3.49. The molecule has 4 atom stereocenters. The van der Waals surface area contributed by atoms with Crippen LogP contribution < -0.4 is 0 Å². The normalized spacial score (nSPS) is 25.4. The van der Waals surface area contributed by atoms with Gasteiger partial charge in [0.1, 0.15) is 12.5 Å². The smallest absolute Gasteiger partial charge is 0.416 e. The molecule has 0 saturated carbocycles. The Morgan fingerprint density at radius 2 is 1.96 bits per heavy atom. The van der Waals surface area contributed by atoms with Crippen LogP contribution in [0.5, 0.6) is 0 Å². The number of carbonyl (C=O) groups excluding carboxylic acids is 1. The molecule has 4 unspecified atom stereocenters. The SMILES string of the molecule is COCCOC(=O)C1C(C)=NC(C)C(C#N)C1c1ccccc1C(F)(F)F. The molecule has 0 aliphatic carbocycles. The summed E-state index contributed by atoms with van der Waals surface area (Å²) in [6, 6.07) is 6.54. The van der Waals surface area contributed by atoms with Crippen LogP contribution in [0.15, 0.2) is 29.3 Å². The van der Waals surface area contributed by atoms with Crippen LogP contribution >= 0.6 is 0 Å². The van der Waals surface area contributed by atoms with Crippen molar-refractivity contribution in [3.05, 3.63) is 35.4 Å². The Labute approximate surface area is 155 Å². The van der Waals surface area contributed by atoms with Gasteiger partial charge in [-0.1, -0.05) is 18.2 Å². The van der Waals surface area contributed by atoms with Gasteiger partial charge in [-0.3, -0.25) is 9.79 Å². The summed E-state index contributed by atoms with van der Waals surface area (Å²) in [4.78, 5) is 17.0.